The number of aromatic hydroxyl groups is 1. The maximum Gasteiger partial charge on any atom is 0.187 e. The number of aliphatic hydroxyl groups excluding tert-OH is 1. The van der Waals surface area contributed by atoms with Crippen LogP contribution in [0.15, 0.2) is 18.7 Å². The average molecular weight is 235 g/mol. The minimum Gasteiger partial charge on any atom is -0.506 e. The first-order valence-electron chi connectivity index (χ1n) is 5.41. The van der Waals surface area contributed by atoms with Gasteiger partial charge in [-0.15, -0.1) is 0 Å². The first-order chi connectivity index (χ1) is 8.02. The monoisotopic (exact) mass is 235 g/mol. The van der Waals surface area contributed by atoms with Gasteiger partial charge in [-0.1, -0.05) is 6.58 Å². The largest absolute Gasteiger partial charge is 0.506 e. The van der Waals surface area contributed by atoms with E-state index < -0.39 is 0 Å². The van der Waals surface area contributed by atoms with E-state index in [1.165, 1.54) is 6.08 Å². The average Bonchev–Trinajstić information content (AvgIpc) is 2.32. The predicted molar refractivity (Wildman–Crippen MR) is 67.2 cm³/mol. The Morgan fingerprint density at radius 2 is 2.24 bits per heavy atom. The molecule has 4 N–H and O–H groups in total. The highest BCUT2D eigenvalue weighted by molar-refractivity contribution is 6.10. The number of phenolic OH excluding ortho intramolecular Hbond substituents is 1. The van der Waals surface area contributed by atoms with Gasteiger partial charge in [0.05, 0.1) is 11.3 Å². The van der Waals surface area contributed by atoms with Gasteiger partial charge in [0, 0.05) is 6.61 Å². The first kappa shape index (κ1) is 13.3. The molecule has 0 aliphatic carbocycles. The Balaban J connectivity index is 3.32. The smallest absolute Gasteiger partial charge is 0.187 e. The lowest BCUT2D eigenvalue weighted by atomic mass is 9.94. The maximum absolute atomic E-state index is 11.7. The summed E-state index contributed by atoms with van der Waals surface area (Å²) in [5.41, 5.74) is 7.62. The number of rotatable bonds is 5. The van der Waals surface area contributed by atoms with Crippen molar-refractivity contribution in [1.29, 1.82) is 0 Å². The van der Waals surface area contributed by atoms with Crippen LogP contribution in [0.4, 0.5) is 5.69 Å². The number of aryl methyl sites for hydroxylation is 1. The van der Waals surface area contributed by atoms with Crippen LogP contribution < -0.4 is 5.73 Å². The molecule has 0 saturated carbocycles. The fourth-order valence-corrected chi connectivity index (χ4v) is 1.79. The molecule has 0 aromatic heterocycles. The molecule has 0 unspecified atom stereocenters. The molecule has 0 amide bonds. The zero-order valence-electron chi connectivity index (χ0n) is 9.86. The molecule has 0 bridgehead atoms. The van der Waals surface area contributed by atoms with Gasteiger partial charge >= 0.3 is 0 Å². The van der Waals surface area contributed by atoms with Crippen LogP contribution in [0.25, 0.3) is 0 Å². The van der Waals surface area contributed by atoms with Gasteiger partial charge in [-0.3, -0.25) is 4.79 Å². The number of allylic oxidation sites excluding steroid dienone is 1. The van der Waals surface area contributed by atoms with Crippen LogP contribution in [0.5, 0.6) is 5.75 Å². The van der Waals surface area contributed by atoms with E-state index in [0.717, 1.165) is 11.1 Å². The SMILES string of the molecule is C=CC(=O)c1c(C)c(CCCO)cc(O)c1N. The van der Waals surface area contributed by atoms with Crippen molar-refractivity contribution in [2.24, 2.45) is 0 Å². The lowest BCUT2D eigenvalue weighted by Gasteiger charge is -2.13. The Labute approximate surface area is 100 Å². The van der Waals surface area contributed by atoms with E-state index in [9.17, 15) is 9.90 Å². The molecule has 0 fully saturated rings. The summed E-state index contributed by atoms with van der Waals surface area (Å²) < 4.78 is 0. The molecule has 0 atom stereocenters. The number of hydrogen-bond acceptors (Lipinski definition) is 4. The predicted octanol–water partition coefficient (Wildman–Crippen LogP) is 1.58. The third kappa shape index (κ3) is 2.65. The lowest BCUT2D eigenvalue weighted by molar-refractivity contribution is 0.104. The normalized spacial score (nSPS) is 10.2. The van der Waals surface area contributed by atoms with Crippen LogP contribution >= 0.6 is 0 Å². The van der Waals surface area contributed by atoms with E-state index >= 15 is 0 Å². The molecule has 0 spiro atoms. The molecule has 0 aliphatic heterocycles. The molecular formula is C13H17NO3. The number of hydrogen-bond donors (Lipinski definition) is 3. The molecule has 4 nitrogen and oxygen atoms in total. The molecular weight excluding hydrogens is 218 g/mol. The minimum atomic E-state index is -0.304. The number of aliphatic hydroxyl groups is 1. The van der Waals surface area contributed by atoms with Crippen LogP contribution in [0.1, 0.15) is 27.9 Å². The van der Waals surface area contributed by atoms with E-state index in [1.54, 1.807) is 13.0 Å². The third-order valence-corrected chi connectivity index (χ3v) is 2.75. The summed E-state index contributed by atoms with van der Waals surface area (Å²) in [6.45, 7) is 5.26. The summed E-state index contributed by atoms with van der Waals surface area (Å²) in [5, 5.41) is 18.5. The molecule has 0 saturated heterocycles. The fourth-order valence-electron chi connectivity index (χ4n) is 1.79. The van der Waals surface area contributed by atoms with Crippen molar-refractivity contribution in [1.82, 2.24) is 0 Å². The van der Waals surface area contributed by atoms with Gasteiger partial charge in [-0.05, 0) is 43.0 Å². The summed E-state index contributed by atoms with van der Waals surface area (Å²) in [5.74, 6) is -0.408. The van der Waals surface area contributed by atoms with Crippen molar-refractivity contribution in [2.45, 2.75) is 19.8 Å². The van der Waals surface area contributed by atoms with Crippen molar-refractivity contribution in [3.63, 3.8) is 0 Å². The van der Waals surface area contributed by atoms with Crippen molar-refractivity contribution in [3.05, 3.63) is 35.4 Å². The van der Waals surface area contributed by atoms with Gasteiger partial charge in [-0.25, -0.2) is 0 Å². The second-order valence-corrected chi connectivity index (χ2v) is 3.86. The van der Waals surface area contributed by atoms with Crippen LogP contribution in [0.3, 0.4) is 0 Å². The highest BCUT2D eigenvalue weighted by Gasteiger charge is 2.16. The molecule has 0 aliphatic rings. The van der Waals surface area contributed by atoms with Crippen molar-refractivity contribution >= 4 is 11.5 Å². The highest BCUT2D eigenvalue weighted by atomic mass is 16.3. The van der Waals surface area contributed by atoms with Crippen molar-refractivity contribution < 1.29 is 15.0 Å². The van der Waals surface area contributed by atoms with Crippen molar-refractivity contribution in [3.8, 4) is 5.75 Å². The van der Waals surface area contributed by atoms with Crippen LogP contribution in [-0.4, -0.2) is 22.6 Å². The Bertz CT molecular complexity index is 452. The number of benzene rings is 1. The Morgan fingerprint density at radius 3 is 2.76 bits per heavy atom. The number of nitrogen functional groups attached to an aromatic ring is 1. The highest BCUT2D eigenvalue weighted by Crippen LogP contribution is 2.31. The molecule has 1 aromatic carbocycles. The number of carbonyl (C=O) groups excluding carboxylic acids is 1. The van der Waals surface area contributed by atoms with Gasteiger partial charge < -0.3 is 15.9 Å². The van der Waals surface area contributed by atoms with Gasteiger partial charge in [0.1, 0.15) is 5.75 Å². The van der Waals surface area contributed by atoms with Gasteiger partial charge in [0.15, 0.2) is 5.78 Å². The molecule has 17 heavy (non-hydrogen) atoms. The zero-order valence-corrected chi connectivity index (χ0v) is 9.86. The summed E-state index contributed by atoms with van der Waals surface area (Å²) in [6, 6.07) is 1.54. The Kier molecular flexibility index (Phi) is 4.29. The van der Waals surface area contributed by atoms with Gasteiger partial charge in [0.25, 0.3) is 0 Å². The van der Waals surface area contributed by atoms with Crippen LogP contribution in [-0.2, 0) is 6.42 Å². The van der Waals surface area contributed by atoms with Gasteiger partial charge in [-0.2, -0.15) is 0 Å². The summed E-state index contributed by atoms with van der Waals surface area (Å²) >= 11 is 0. The van der Waals surface area contributed by atoms with E-state index in [-0.39, 0.29) is 23.8 Å². The fraction of sp³-hybridized carbons (Fsp3) is 0.308. The Hall–Kier alpha value is -1.81. The number of nitrogens with two attached hydrogens (primary N) is 1. The molecule has 1 rings (SSSR count). The molecule has 92 valence electrons. The van der Waals surface area contributed by atoms with E-state index in [4.69, 9.17) is 10.8 Å². The van der Waals surface area contributed by atoms with Crippen LogP contribution in [0.2, 0.25) is 0 Å². The van der Waals surface area contributed by atoms with Crippen LogP contribution in [0, 0.1) is 6.92 Å². The second kappa shape index (κ2) is 5.50. The Morgan fingerprint density at radius 1 is 1.59 bits per heavy atom. The second-order valence-electron chi connectivity index (χ2n) is 3.86. The maximum atomic E-state index is 11.7. The lowest BCUT2D eigenvalue weighted by Crippen LogP contribution is -2.07. The van der Waals surface area contributed by atoms with Gasteiger partial charge in [0.2, 0.25) is 0 Å². The summed E-state index contributed by atoms with van der Waals surface area (Å²) in [6.07, 6.45) is 2.34. The zero-order chi connectivity index (χ0) is 13.0. The van der Waals surface area contributed by atoms with E-state index in [1.807, 2.05) is 0 Å². The third-order valence-electron chi connectivity index (χ3n) is 2.75. The molecule has 0 heterocycles. The molecule has 0 radical (unpaired) electrons. The number of ketones is 1. The van der Waals surface area contributed by atoms with E-state index in [0.29, 0.717) is 18.4 Å². The molecule has 1 aromatic rings. The topological polar surface area (TPSA) is 83.5 Å². The number of phenols is 1. The number of anilines is 1. The molecule has 4 heteroatoms. The standard InChI is InChI=1S/C13H17NO3/c1-3-10(16)12-8(2)9(5-4-6-15)7-11(17)13(12)14/h3,7,15,17H,1,4-6,14H2,2H3. The number of carbonyl (C=O) groups is 1. The summed E-state index contributed by atoms with van der Waals surface area (Å²) in [7, 11) is 0. The minimum absolute atomic E-state index is 0.0648. The summed E-state index contributed by atoms with van der Waals surface area (Å²) in [4.78, 5) is 11.7. The quantitative estimate of drug-likeness (QED) is 0.313. The van der Waals surface area contributed by atoms with E-state index in [2.05, 4.69) is 6.58 Å². The van der Waals surface area contributed by atoms with Crippen molar-refractivity contribution in [2.75, 3.05) is 12.3 Å². The first-order valence-corrected chi connectivity index (χ1v) is 5.41.